The van der Waals surface area contributed by atoms with Gasteiger partial charge in [0.05, 0.1) is 64.0 Å². The molecule has 15 atom stereocenters. The molecule has 0 saturated carbocycles. The fourth-order valence-electron chi connectivity index (χ4n) is 10.8. The van der Waals surface area contributed by atoms with Crippen LogP contribution < -0.4 is 43.0 Å². The lowest BCUT2D eigenvalue weighted by Crippen LogP contribution is -2.62. The van der Waals surface area contributed by atoms with Gasteiger partial charge in [0.25, 0.3) is 0 Å². The van der Waals surface area contributed by atoms with E-state index < -0.39 is 121 Å². The Bertz CT molecular complexity index is 2500. The Morgan fingerprint density at radius 1 is 0.400 bits per heavy atom. The van der Waals surface area contributed by atoms with Crippen LogP contribution in [-0.4, -0.2) is 294 Å². The second kappa shape index (κ2) is 53.4. The van der Waals surface area contributed by atoms with Crippen molar-refractivity contribution in [1.82, 2.24) is 37.2 Å². The van der Waals surface area contributed by atoms with Crippen LogP contribution in [0.15, 0.2) is 0 Å². The number of aliphatic carboxylic acids is 1. The summed E-state index contributed by atoms with van der Waals surface area (Å²) in [4.78, 5) is 135. The molecular formula is C68H118N8O29. The normalized spacial score (nSPS) is 24.2. The lowest BCUT2D eigenvalue weighted by Gasteiger charge is -2.41. The maximum atomic E-state index is 13.5. The average Bonchev–Trinajstić information content (AvgIpc) is 0.827. The highest BCUT2D eigenvalue weighted by Crippen LogP contribution is 2.29. The fraction of sp³-hybridized carbons (Fsp3) is 0.838. The maximum absolute atomic E-state index is 13.5. The number of aliphatic hydroxyl groups is 5. The number of carboxylic acids is 1. The lowest BCUT2D eigenvalue weighted by molar-refractivity contribution is -0.283. The van der Waals surface area contributed by atoms with E-state index in [1.165, 1.54) is 20.8 Å². The largest absolute Gasteiger partial charge is 0.481 e. The molecule has 0 aromatic heterocycles. The molecule has 15 N–H and O–H groups in total. The van der Waals surface area contributed by atoms with Crippen molar-refractivity contribution in [2.24, 2.45) is 17.6 Å². The van der Waals surface area contributed by atoms with Crippen molar-refractivity contribution in [2.75, 3.05) is 119 Å². The number of nitrogens with one attached hydrogen (secondary N) is 7. The molecule has 0 aromatic rings. The van der Waals surface area contributed by atoms with Gasteiger partial charge in [0, 0.05) is 149 Å². The number of hydrogen-bond donors (Lipinski definition) is 14. The van der Waals surface area contributed by atoms with E-state index in [1.54, 1.807) is 13.8 Å². The second-order valence-electron chi connectivity index (χ2n) is 26.3. The standard InChI is InChI=1S/C68H118N8O29/c1-43-49(80)36-48(37-100-45(3)77)103-65(43)97-30-9-6-16-52(81)70-24-13-27-73-55(84)21-33-94-40-68(76-58(87)19-12-20-59(88)89,41-95-34-22-56(85)74-28-14-25-71-53(82)17-7-10-31-98-66-44(2)61(90)62(91)50(104-66)38-101-46(4)78)42-96-35-23-57(86)75-29-15-26-72-54(83)18-8-11-32-99-67-60(69)64(93)63(92)51(105-67)39-102-47(5)79/h43-44,48-51,60-67,80,90-93H,6-42,69H2,1-5H3,(H,70,81)(H,71,82)(H,72,83)(H,73,84)(H,74,85)(H,75,86)(H,76,87)(H,88,89)/t43-,44-,48?,49?,50?,51?,60-,61?,62-,63-,64?,65+,66+,67+,68?/m0/s1. The van der Waals surface area contributed by atoms with Crippen LogP contribution >= 0.6 is 0 Å². The molecule has 3 saturated heterocycles. The van der Waals surface area contributed by atoms with Crippen LogP contribution in [0.1, 0.15) is 157 Å². The van der Waals surface area contributed by atoms with Crippen LogP contribution in [0.2, 0.25) is 0 Å². The first-order valence-electron chi connectivity index (χ1n) is 36.3. The smallest absolute Gasteiger partial charge is 0.303 e. The van der Waals surface area contributed by atoms with Crippen LogP contribution in [0.3, 0.4) is 0 Å². The molecule has 0 bridgehead atoms. The van der Waals surface area contributed by atoms with E-state index in [2.05, 4.69) is 37.2 Å². The summed E-state index contributed by atoms with van der Waals surface area (Å²) in [5, 5.41) is 80.6. The molecule has 7 amide bonds. The van der Waals surface area contributed by atoms with Crippen molar-refractivity contribution in [2.45, 2.75) is 236 Å². The summed E-state index contributed by atoms with van der Waals surface area (Å²) in [6, 6.07) is -1.07. The van der Waals surface area contributed by atoms with Gasteiger partial charge in [-0.15, -0.1) is 0 Å². The van der Waals surface area contributed by atoms with Crippen LogP contribution in [-0.2, 0) is 110 Å². The average molecular weight is 1510 g/mol. The molecule has 0 aliphatic carbocycles. The van der Waals surface area contributed by atoms with E-state index in [1.807, 2.05) is 0 Å². The minimum atomic E-state index is -1.50. The quantitative estimate of drug-likeness (QED) is 0.0169. The SMILES string of the molecule is CC(=O)OCC1CC(O)[C@H](C)[C@H](OCCCCC(=O)NCCCNC(=O)CCOCC(COCCC(=O)NCCCNC(=O)CCCCO[C@@H]2OC(COC(C)=O)[C@H](O)C(O)[C@@H]2C)(COCCC(=O)NCCCNC(=O)CCCCO[C@@H]2OC(COC(C)=O)[C@H](O)C(O)[C@@H]2N)NC(=O)CCCC(=O)O)O1. The van der Waals surface area contributed by atoms with Crippen LogP contribution in [0.5, 0.6) is 0 Å². The van der Waals surface area contributed by atoms with E-state index >= 15 is 0 Å². The van der Waals surface area contributed by atoms with Gasteiger partial charge < -0.3 is 130 Å². The zero-order valence-electron chi connectivity index (χ0n) is 61.4. The van der Waals surface area contributed by atoms with Gasteiger partial charge in [-0.1, -0.05) is 13.8 Å². The minimum Gasteiger partial charge on any atom is -0.481 e. The Kier molecular flexibility index (Phi) is 47.2. The summed E-state index contributed by atoms with van der Waals surface area (Å²) in [7, 11) is 0. The molecule has 37 nitrogen and oxygen atoms in total. The molecule has 3 aliphatic rings. The van der Waals surface area contributed by atoms with Gasteiger partial charge in [0.15, 0.2) is 18.9 Å². The topological polar surface area (TPSA) is 530 Å². The van der Waals surface area contributed by atoms with Gasteiger partial charge in [-0.05, 0) is 64.2 Å². The van der Waals surface area contributed by atoms with Gasteiger partial charge in [-0.2, -0.15) is 0 Å². The zero-order chi connectivity index (χ0) is 77.5. The minimum absolute atomic E-state index is 0.00628. The highest BCUT2D eigenvalue weighted by molar-refractivity contribution is 5.79. The number of nitrogens with two attached hydrogens (primary N) is 1. The van der Waals surface area contributed by atoms with Gasteiger partial charge in [-0.25, -0.2) is 0 Å². The Balaban J connectivity index is 1.46. The molecule has 3 fully saturated rings. The third-order valence-electron chi connectivity index (χ3n) is 17.0. The number of rotatable bonds is 56. The Labute approximate surface area is 612 Å². The van der Waals surface area contributed by atoms with E-state index in [0.717, 1.165) is 0 Å². The first kappa shape index (κ1) is 92.8. The monoisotopic (exact) mass is 1510 g/mol. The summed E-state index contributed by atoms with van der Waals surface area (Å²) >= 11 is 0. The van der Waals surface area contributed by atoms with Gasteiger partial charge >= 0.3 is 23.9 Å². The van der Waals surface area contributed by atoms with Crippen molar-refractivity contribution >= 4 is 65.2 Å². The molecule has 37 heteroatoms. The molecular weight excluding hydrogens is 1390 g/mol. The molecule has 0 aromatic carbocycles. The molecule has 3 rings (SSSR count). The van der Waals surface area contributed by atoms with Crippen LogP contribution in [0, 0.1) is 11.8 Å². The van der Waals surface area contributed by atoms with Crippen molar-refractivity contribution in [3.63, 3.8) is 0 Å². The third-order valence-corrected chi connectivity index (χ3v) is 17.0. The molecule has 7 unspecified atom stereocenters. The Morgan fingerprint density at radius 3 is 1.15 bits per heavy atom. The summed E-state index contributed by atoms with van der Waals surface area (Å²) in [6.07, 6.45) is -7.06. The van der Waals surface area contributed by atoms with Crippen molar-refractivity contribution in [3.8, 4) is 0 Å². The Hall–Kier alpha value is -6.43. The first-order valence-corrected chi connectivity index (χ1v) is 36.3. The third kappa shape index (κ3) is 40.9. The Morgan fingerprint density at radius 2 is 0.752 bits per heavy atom. The molecule has 0 radical (unpaired) electrons. The molecule has 105 heavy (non-hydrogen) atoms. The second-order valence-corrected chi connectivity index (χ2v) is 26.3. The van der Waals surface area contributed by atoms with Gasteiger partial charge in [0.2, 0.25) is 41.4 Å². The zero-order valence-corrected chi connectivity index (χ0v) is 61.4. The summed E-state index contributed by atoms with van der Waals surface area (Å²) < 4.78 is 67.2. The molecule has 0 spiro atoms. The van der Waals surface area contributed by atoms with E-state index in [0.29, 0.717) is 64.2 Å². The molecule has 604 valence electrons. The van der Waals surface area contributed by atoms with Crippen molar-refractivity contribution in [3.05, 3.63) is 0 Å². The lowest BCUT2D eigenvalue weighted by atomic mass is 9.92. The summed E-state index contributed by atoms with van der Waals surface area (Å²) in [5.41, 5.74) is 4.47. The van der Waals surface area contributed by atoms with Crippen LogP contribution in [0.4, 0.5) is 0 Å². The highest BCUT2D eigenvalue weighted by atomic mass is 16.7. The first-order chi connectivity index (χ1) is 50.1. The maximum Gasteiger partial charge on any atom is 0.303 e. The van der Waals surface area contributed by atoms with E-state index in [-0.39, 0.29) is 212 Å². The number of aliphatic hydroxyl groups excluding tert-OH is 5. The predicted molar refractivity (Wildman–Crippen MR) is 367 cm³/mol. The van der Waals surface area contributed by atoms with Gasteiger partial charge in [0.1, 0.15) is 55.9 Å². The molecule has 3 heterocycles. The predicted octanol–water partition coefficient (Wildman–Crippen LogP) is -2.60. The number of carbonyl (C=O) groups excluding carboxylic acids is 10. The number of hydrogen-bond acceptors (Lipinski definition) is 29. The summed E-state index contributed by atoms with van der Waals surface area (Å²) in [5.74, 6) is -6.00. The molecule has 3 aliphatic heterocycles. The summed E-state index contributed by atoms with van der Waals surface area (Å²) in [6.45, 7) is 7.25. The number of carboxylic acid groups (broad SMARTS) is 1. The van der Waals surface area contributed by atoms with Crippen LogP contribution in [0.25, 0.3) is 0 Å². The number of esters is 3. The van der Waals surface area contributed by atoms with Crippen molar-refractivity contribution < 1.29 is 140 Å². The number of carbonyl (C=O) groups is 11. The van der Waals surface area contributed by atoms with E-state index in [9.17, 15) is 83.4 Å². The fourth-order valence-corrected chi connectivity index (χ4v) is 10.8. The number of unbranched alkanes of at least 4 members (excludes halogenated alkanes) is 3. The van der Waals surface area contributed by atoms with Gasteiger partial charge in [-0.3, -0.25) is 52.7 Å². The highest BCUT2D eigenvalue weighted by Gasteiger charge is 2.45. The van der Waals surface area contributed by atoms with E-state index in [4.69, 9.17) is 62.6 Å². The van der Waals surface area contributed by atoms with Crippen molar-refractivity contribution in [1.29, 1.82) is 0 Å². The number of amides is 7. The number of ether oxygens (including phenoxy) is 12.